The van der Waals surface area contributed by atoms with Crippen molar-refractivity contribution in [3.8, 4) is 0 Å². The first-order valence-electron chi connectivity index (χ1n) is 10.1. The van der Waals surface area contributed by atoms with E-state index in [0.717, 1.165) is 11.1 Å². The molecule has 0 radical (unpaired) electrons. The second-order valence-electron chi connectivity index (χ2n) is 8.36. The zero-order chi connectivity index (χ0) is 21.8. The SMILES string of the molecule is COCCN1C(=O)[C@@H]2N(c3cccc(C)c3C)C(=O)[C@@H]3CC(=O)O[C@]23[C@@H]1CC(C)=O. The molecule has 3 heterocycles. The highest BCUT2D eigenvalue weighted by molar-refractivity contribution is 6.12. The third kappa shape index (κ3) is 2.70. The highest BCUT2D eigenvalue weighted by Crippen LogP contribution is 2.55. The molecule has 8 nitrogen and oxygen atoms in total. The van der Waals surface area contributed by atoms with Gasteiger partial charge in [0, 0.05) is 25.8 Å². The Bertz CT molecular complexity index is 944. The average Bonchev–Trinajstić information content (AvgIpc) is 3.21. The topological polar surface area (TPSA) is 93.2 Å². The van der Waals surface area contributed by atoms with Gasteiger partial charge in [-0.25, -0.2) is 0 Å². The molecule has 2 amide bonds. The second kappa shape index (κ2) is 7.19. The molecule has 3 saturated heterocycles. The largest absolute Gasteiger partial charge is 0.453 e. The molecular weight excluding hydrogens is 388 g/mol. The summed E-state index contributed by atoms with van der Waals surface area (Å²) in [5.41, 5.74) is 1.16. The van der Waals surface area contributed by atoms with E-state index >= 15 is 0 Å². The van der Waals surface area contributed by atoms with Crippen molar-refractivity contribution in [2.45, 2.75) is 51.3 Å². The van der Waals surface area contributed by atoms with Gasteiger partial charge in [-0.2, -0.15) is 0 Å². The summed E-state index contributed by atoms with van der Waals surface area (Å²) in [5.74, 6) is -2.05. The number of methoxy groups -OCH3 is 1. The summed E-state index contributed by atoms with van der Waals surface area (Å²) in [6, 6.07) is 3.91. The highest BCUT2D eigenvalue weighted by atomic mass is 16.6. The van der Waals surface area contributed by atoms with Crippen LogP contribution >= 0.6 is 0 Å². The molecule has 3 fully saturated rings. The van der Waals surface area contributed by atoms with Crippen LogP contribution in [-0.2, 0) is 28.7 Å². The fraction of sp³-hybridized carbons (Fsp3) is 0.545. The zero-order valence-electron chi connectivity index (χ0n) is 17.6. The number of esters is 1. The summed E-state index contributed by atoms with van der Waals surface area (Å²) in [5, 5.41) is 0. The lowest BCUT2D eigenvalue weighted by Crippen LogP contribution is -2.53. The van der Waals surface area contributed by atoms with Crippen LogP contribution in [0.5, 0.6) is 0 Å². The molecule has 1 aromatic carbocycles. The number of carbonyl (C=O) groups excluding carboxylic acids is 4. The van der Waals surface area contributed by atoms with Gasteiger partial charge in [0.05, 0.1) is 25.0 Å². The zero-order valence-corrected chi connectivity index (χ0v) is 17.6. The van der Waals surface area contributed by atoms with E-state index < -0.39 is 29.6 Å². The van der Waals surface area contributed by atoms with E-state index in [9.17, 15) is 19.2 Å². The number of carbonyl (C=O) groups is 4. The molecule has 0 aromatic heterocycles. The lowest BCUT2D eigenvalue weighted by Gasteiger charge is -2.34. The van der Waals surface area contributed by atoms with Crippen LogP contribution in [0.2, 0.25) is 0 Å². The maximum atomic E-state index is 13.6. The maximum Gasteiger partial charge on any atom is 0.307 e. The summed E-state index contributed by atoms with van der Waals surface area (Å²) in [6.45, 7) is 5.81. The van der Waals surface area contributed by atoms with E-state index in [1.165, 1.54) is 18.9 Å². The normalized spacial score (nSPS) is 30.0. The predicted molar refractivity (Wildman–Crippen MR) is 107 cm³/mol. The smallest absolute Gasteiger partial charge is 0.307 e. The first kappa shape index (κ1) is 20.5. The number of nitrogens with zero attached hydrogens (tertiary/aromatic N) is 2. The van der Waals surface area contributed by atoms with E-state index in [1.54, 1.807) is 4.90 Å². The standard InChI is InChI=1S/C22H26N2O6/c1-12-6-5-7-16(14(12)3)24-19-21(28)23(8-9-29-4)17(10-13(2)25)22(19)15(20(24)27)11-18(26)30-22/h5-7,15,17,19H,8-11H2,1-4H3/t15-,17-,19-,22+/m0/s1. The number of anilines is 1. The molecule has 160 valence electrons. The fourth-order valence-corrected chi connectivity index (χ4v) is 5.25. The van der Waals surface area contributed by atoms with E-state index in [1.807, 2.05) is 32.0 Å². The molecule has 3 aliphatic heterocycles. The molecular formula is C22H26N2O6. The van der Waals surface area contributed by atoms with Gasteiger partial charge in [-0.1, -0.05) is 12.1 Å². The average molecular weight is 414 g/mol. The number of likely N-dealkylation sites (tertiary alicyclic amines) is 1. The Balaban J connectivity index is 1.88. The number of amides is 2. The molecule has 1 spiro atoms. The Labute approximate surface area is 175 Å². The first-order valence-corrected chi connectivity index (χ1v) is 10.1. The van der Waals surface area contributed by atoms with Gasteiger partial charge in [-0.3, -0.25) is 24.1 Å². The number of rotatable bonds is 6. The second-order valence-corrected chi connectivity index (χ2v) is 8.36. The number of hydrogen-bond acceptors (Lipinski definition) is 6. The molecule has 0 unspecified atom stereocenters. The third-order valence-corrected chi connectivity index (χ3v) is 6.69. The molecule has 30 heavy (non-hydrogen) atoms. The Hall–Kier alpha value is -2.74. The van der Waals surface area contributed by atoms with Crippen LogP contribution in [0.1, 0.15) is 30.9 Å². The van der Waals surface area contributed by atoms with Crippen molar-refractivity contribution in [1.29, 1.82) is 0 Å². The molecule has 0 saturated carbocycles. The van der Waals surface area contributed by atoms with Gasteiger partial charge in [0.1, 0.15) is 5.78 Å². The van der Waals surface area contributed by atoms with Crippen LogP contribution in [-0.4, -0.2) is 66.4 Å². The summed E-state index contributed by atoms with van der Waals surface area (Å²) < 4.78 is 11.0. The number of aryl methyl sites for hydroxylation is 1. The van der Waals surface area contributed by atoms with Crippen molar-refractivity contribution < 1.29 is 28.7 Å². The fourth-order valence-electron chi connectivity index (χ4n) is 5.25. The summed E-state index contributed by atoms with van der Waals surface area (Å²) in [4.78, 5) is 54.6. The number of ketones is 1. The predicted octanol–water partition coefficient (Wildman–Crippen LogP) is 1.16. The minimum atomic E-state index is -1.36. The Morgan fingerprint density at radius 3 is 2.63 bits per heavy atom. The maximum absolute atomic E-state index is 13.6. The quantitative estimate of drug-likeness (QED) is 0.649. The van der Waals surface area contributed by atoms with Crippen molar-refractivity contribution in [2.24, 2.45) is 5.92 Å². The van der Waals surface area contributed by atoms with Gasteiger partial charge in [0.25, 0.3) is 5.91 Å². The molecule has 3 aliphatic rings. The van der Waals surface area contributed by atoms with Gasteiger partial charge in [0.2, 0.25) is 5.91 Å². The van der Waals surface area contributed by atoms with Gasteiger partial charge < -0.3 is 14.4 Å². The Kier molecular flexibility index (Phi) is 4.92. The minimum absolute atomic E-state index is 0.0175. The molecule has 4 atom stereocenters. The van der Waals surface area contributed by atoms with Crippen molar-refractivity contribution >= 4 is 29.3 Å². The van der Waals surface area contributed by atoms with Crippen LogP contribution in [0.25, 0.3) is 0 Å². The summed E-state index contributed by atoms with van der Waals surface area (Å²) >= 11 is 0. The number of Topliss-reactive ketones (excluding diaryl/α,β-unsaturated/α-hetero) is 1. The molecule has 4 rings (SSSR count). The number of ether oxygens (including phenoxy) is 2. The van der Waals surface area contributed by atoms with E-state index in [0.29, 0.717) is 5.69 Å². The van der Waals surface area contributed by atoms with E-state index in [2.05, 4.69) is 0 Å². The minimum Gasteiger partial charge on any atom is -0.453 e. The first-order chi connectivity index (χ1) is 14.2. The molecule has 0 aliphatic carbocycles. The van der Waals surface area contributed by atoms with Crippen molar-refractivity contribution in [1.82, 2.24) is 4.90 Å². The van der Waals surface area contributed by atoms with Crippen LogP contribution in [0.4, 0.5) is 5.69 Å². The van der Waals surface area contributed by atoms with E-state index in [-0.39, 0.29) is 43.6 Å². The van der Waals surface area contributed by atoms with E-state index in [4.69, 9.17) is 9.47 Å². The molecule has 1 aromatic rings. The van der Waals surface area contributed by atoms with Crippen molar-refractivity contribution in [2.75, 3.05) is 25.2 Å². The highest BCUT2D eigenvalue weighted by Gasteiger charge is 2.77. The summed E-state index contributed by atoms with van der Waals surface area (Å²) in [7, 11) is 1.53. The van der Waals surface area contributed by atoms with Crippen molar-refractivity contribution in [3.05, 3.63) is 29.3 Å². The lowest BCUT2D eigenvalue weighted by atomic mass is 9.80. The third-order valence-electron chi connectivity index (χ3n) is 6.69. The van der Waals surface area contributed by atoms with Crippen molar-refractivity contribution in [3.63, 3.8) is 0 Å². The number of benzene rings is 1. The Morgan fingerprint density at radius 2 is 1.97 bits per heavy atom. The van der Waals surface area contributed by atoms with Gasteiger partial charge >= 0.3 is 5.97 Å². The monoisotopic (exact) mass is 414 g/mol. The molecule has 8 heteroatoms. The number of hydrogen-bond donors (Lipinski definition) is 0. The Morgan fingerprint density at radius 1 is 1.23 bits per heavy atom. The van der Waals surface area contributed by atoms with Crippen LogP contribution in [0.3, 0.4) is 0 Å². The van der Waals surface area contributed by atoms with Crippen LogP contribution in [0, 0.1) is 19.8 Å². The molecule has 0 N–H and O–H groups in total. The summed E-state index contributed by atoms with van der Waals surface area (Å²) in [6.07, 6.45) is -0.0693. The van der Waals surface area contributed by atoms with Gasteiger partial charge in [0.15, 0.2) is 11.6 Å². The van der Waals surface area contributed by atoms with Crippen LogP contribution < -0.4 is 4.90 Å². The molecule has 0 bridgehead atoms. The van der Waals surface area contributed by atoms with Gasteiger partial charge in [-0.05, 0) is 38.0 Å². The lowest BCUT2D eigenvalue weighted by molar-refractivity contribution is -0.152. The van der Waals surface area contributed by atoms with Crippen LogP contribution in [0.15, 0.2) is 18.2 Å². The van der Waals surface area contributed by atoms with Gasteiger partial charge in [-0.15, -0.1) is 0 Å².